The third kappa shape index (κ3) is 1.75. The van der Waals surface area contributed by atoms with E-state index in [0.29, 0.717) is 10.8 Å². The molecule has 2 aromatic carbocycles. The van der Waals surface area contributed by atoms with Gasteiger partial charge in [-0.25, -0.2) is 4.79 Å². The number of hydrogen-bond acceptors (Lipinski definition) is 3. The lowest BCUT2D eigenvalue weighted by Gasteiger charge is -2.15. The number of carboxylic acids is 1. The summed E-state index contributed by atoms with van der Waals surface area (Å²) in [4.78, 5) is 11.3. The zero-order chi connectivity index (χ0) is 13.3. The lowest BCUT2D eigenvalue weighted by Crippen LogP contribution is -2.05. The molecule has 2 rings (SSSR count). The van der Waals surface area contributed by atoms with E-state index in [1.54, 1.807) is 18.2 Å². The molecular weight excluding hydrogens is 256 g/mol. The van der Waals surface area contributed by atoms with E-state index in [1.165, 1.54) is 14.2 Å². The number of carbonyl (C=O) groups is 1. The highest BCUT2D eigenvalue weighted by Gasteiger charge is 2.24. The van der Waals surface area contributed by atoms with Gasteiger partial charge in [-0.1, -0.05) is 35.9 Å². The van der Waals surface area contributed by atoms with Crippen molar-refractivity contribution in [3.63, 3.8) is 0 Å². The van der Waals surface area contributed by atoms with Crippen molar-refractivity contribution in [2.24, 2.45) is 0 Å². The van der Waals surface area contributed by atoms with Crippen LogP contribution in [-0.4, -0.2) is 25.3 Å². The molecule has 1 N–H and O–H groups in total. The van der Waals surface area contributed by atoms with Gasteiger partial charge in [0.05, 0.1) is 19.2 Å². The van der Waals surface area contributed by atoms with Crippen molar-refractivity contribution in [3.05, 3.63) is 34.9 Å². The summed E-state index contributed by atoms with van der Waals surface area (Å²) in [7, 11) is 2.80. The Morgan fingerprint density at radius 2 is 1.67 bits per heavy atom. The molecule has 0 aliphatic carbocycles. The standard InChI is InChI=1S/C13H11ClO4/c1-17-11-8-6-4-3-5-7(8)10(14)12(18-2)9(11)13(15)16/h3-6H,1-2H3,(H,15,16). The molecule has 0 aliphatic rings. The van der Waals surface area contributed by atoms with Crippen LogP contribution in [0.2, 0.25) is 5.02 Å². The Morgan fingerprint density at radius 3 is 2.17 bits per heavy atom. The van der Waals surface area contributed by atoms with E-state index in [1.807, 2.05) is 6.07 Å². The number of fused-ring (bicyclic) bond motifs is 1. The van der Waals surface area contributed by atoms with Crippen LogP contribution in [0, 0.1) is 0 Å². The molecule has 0 spiro atoms. The van der Waals surface area contributed by atoms with E-state index in [9.17, 15) is 9.90 Å². The van der Waals surface area contributed by atoms with Crippen LogP contribution in [0.25, 0.3) is 10.8 Å². The van der Waals surface area contributed by atoms with Crippen LogP contribution in [0.1, 0.15) is 10.4 Å². The monoisotopic (exact) mass is 266 g/mol. The zero-order valence-electron chi connectivity index (χ0n) is 9.86. The molecule has 2 aromatic rings. The second kappa shape index (κ2) is 4.74. The predicted molar refractivity (Wildman–Crippen MR) is 69.0 cm³/mol. The molecular formula is C13H11ClO4. The largest absolute Gasteiger partial charge is 0.495 e. The number of methoxy groups -OCH3 is 2. The van der Waals surface area contributed by atoms with Crippen LogP contribution >= 0.6 is 11.6 Å². The Morgan fingerprint density at radius 1 is 1.11 bits per heavy atom. The summed E-state index contributed by atoms with van der Waals surface area (Å²) in [5.74, 6) is -0.782. The highest BCUT2D eigenvalue weighted by molar-refractivity contribution is 6.38. The van der Waals surface area contributed by atoms with Gasteiger partial charge >= 0.3 is 5.97 Å². The Balaban J connectivity index is 3.00. The van der Waals surface area contributed by atoms with Gasteiger partial charge in [0.15, 0.2) is 5.75 Å². The third-order valence-corrected chi connectivity index (χ3v) is 3.06. The van der Waals surface area contributed by atoms with Crippen molar-refractivity contribution in [1.82, 2.24) is 0 Å². The van der Waals surface area contributed by atoms with Crippen molar-refractivity contribution in [1.29, 1.82) is 0 Å². The Bertz CT molecular complexity index is 622. The fourth-order valence-electron chi connectivity index (χ4n) is 1.94. The fourth-order valence-corrected chi connectivity index (χ4v) is 2.28. The molecule has 0 heterocycles. The SMILES string of the molecule is COc1c(C(=O)O)c(OC)c2ccccc2c1Cl. The molecule has 0 fully saturated rings. The highest BCUT2D eigenvalue weighted by atomic mass is 35.5. The first-order valence-electron chi connectivity index (χ1n) is 5.17. The van der Waals surface area contributed by atoms with Crippen LogP contribution in [0.4, 0.5) is 0 Å². The van der Waals surface area contributed by atoms with Crippen LogP contribution < -0.4 is 9.47 Å². The minimum absolute atomic E-state index is 0.0660. The third-order valence-electron chi connectivity index (χ3n) is 2.68. The first kappa shape index (κ1) is 12.5. The van der Waals surface area contributed by atoms with Gasteiger partial charge in [-0.2, -0.15) is 0 Å². The summed E-state index contributed by atoms with van der Waals surface area (Å²) >= 11 is 6.18. The molecule has 0 bridgehead atoms. The number of rotatable bonds is 3. The fraction of sp³-hybridized carbons (Fsp3) is 0.154. The van der Waals surface area contributed by atoms with E-state index < -0.39 is 5.97 Å². The number of hydrogen-bond donors (Lipinski definition) is 1. The lowest BCUT2D eigenvalue weighted by molar-refractivity contribution is 0.0690. The number of ether oxygens (including phenoxy) is 2. The second-order valence-corrected chi connectivity index (χ2v) is 3.98. The molecule has 5 heteroatoms. The van der Waals surface area contributed by atoms with Gasteiger partial charge in [-0.05, 0) is 0 Å². The van der Waals surface area contributed by atoms with Crippen molar-refractivity contribution in [2.45, 2.75) is 0 Å². The molecule has 18 heavy (non-hydrogen) atoms. The smallest absolute Gasteiger partial charge is 0.343 e. The predicted octanol–water partition coefficient (Wildman–Crippen LogP) is 3.21. The quantitative estimate of drug-likeness (QED) is 0.927. The summed E-state index contributed by atoms with van der Waals surface area (Å²) in [5, 5.41) is 10.9. The molecule has 94 valence electrons. The van der Waals surface area contributed by atoms with Crippen LogP contribution in [0.15, 0.2) is 24.3 Å². The van der Waals surface area contributed by atoms with Crippen molar-refractivity contribution < 1.29 is 19.4 Å². The first-order chi connectivity index (χ1) is 8.61. The van der Waals surface area contributed by atoms with Crippen molar-refractivity contribution >= 4 is 28.3 Å². The van der Waals surface area contributed by atoms with Gasteiger partial charge in [0.25, 0.3) is 0 Å². The summed E-state index contributed by atoms with van der Waals surface area (Å²) in [5.41, 5.74) is -0.0660. The van der Waals surface area contributed by atoms with Crippen LogP contribution in [-0.2, 0) is 0 Å². The van der Waals surface area contributed by atoms with E-state index in [0.717, 1.165) is 0 Å². The van der Waals surface area contributed by atoms with E-state index in [4.69, 9.17) is 21.1 Å². The summed E-state index contributed by atoms with van der Waals surface area (Å²) in [6, 6.07) is 7.15. The normalized spacial score (nSPS) is 10.4. The average Bonchev–Trinajstić information content (AvgIpc) is 2.38. The molecule has 0 saturated heterocycles. The number of halogens is 1. The van der Waals surface area contributed by atoms with Gasteiger partial charge < -0.3 is 14.6 Å². The lowest BCUT2D eigenvalue weighted by atomic mass is 10.0. The average molecular weight is 267 g/mol. The Labute approximate surface area is 109 Å². The zero-order valence-corrected chi connectivity index (χ0v) is 10.6. The molecule has 0 saturated carbocycles. The van der Waals surface area contributed by atoms with E-state index in [2.05, 4.69) is 0 Å². The maximum atomic E-state index is 11.3. The van der Waals surface area contributed by atoms with Gasteiger partial charge in [0.1, 0.15) is 11.3 Å². The van der Waals surface area contributed by atoms with Gasteiger partial charge in [-0.3, -0.25) is 0 Å². The molecule has 0 aliphatic heterocycles. The molecule has 0 atom stereocenters. The number of benzene rings is 2. The number of aromatic carboxylic acids is 1. The van der Waals surface area contributed by atoms with Crippen LogP contribution in [0.5, 0.6) is 11.5 Å². The number of carboxylic acid groups (broad SMARTS) is 1. The highest BCUT2D eigenvalue weighted by Crippen LogP contribution is 2.43. The Kier molecular flexibility index (Phi) is 3.30. The molecule has 0 aromatic heterocycles. The van der Waals surface area contributed by atoms with Crippen molar-refractivity contribution in [3.8, 4) is 11.5 Å². The van der Waals surface area contributed by atoms with Gasteiger partial charge in [0.2, 0.25) is 0 Å². The van der Waals surface area contributed by atoms with E-state index >= 15 is 0 Å². The summed E-state index contributed by atoms with van der Waals surface area (Å²) < 4.78 is 10.3. The maximum absolute atomic E-state index is 11.3. The second-order valence-electron chi connectivity index (χ2n) is 3.61. The molecule has 0 amide bonds. The molecule has 0 unspecified atom stereocenters. The topological polar surface area (TPSA) is 55.8 Å². The summed E-state index contributed by atoms with van der Waals surface area (Å²) in [6.07, 6.45) is 0. The minimum atomic E-state index is -1.14. The van der Waals surface area contributed by atoms with Crippen LogP contribution in [0.3, 0.4) is 0 Å². The van der Waals surface area contributed by atoms with E-state index in [-0.39, 0.29) is 22.1 Å². The van der Waals surface area contributed by atoms with Gasteiger partial charge in [-0.15, -0.1) is 0 Å². The maximum Gasteiger partial charge on any atom is 0.343 e. The Hall–Kier alpha value is -1.94. The molecule has 0 radical (unpaired) electrons. The first-order valence-corrected chi connectivity index (χ1v) is 5.55. The minimum Gasteiger partial charge on any atom is -0.495 e. The van der Waals surface area contributed by atoms with Gasteiger partial charge in [0, 0.05) is 10.8 Å². The summed E-state index contributed by atoms with van der Waals surface area (Å²) in [6.45, 7) is 0. The molecule has 4 nitrogen and oxygen atoms in total. The van der Waals surface area contributed by atoms with Crippen molar-refractivity contribution in [2.75, 3.05) is 14.2 Å².